The molecule has 0 spiro atoms. The van der Waals surface area contributed by atoms with Crippen molar-refractivity contribution in [2.45, 2.75) is 26.9 Å². The zero-order valence-corrected chi connectivity index (χ0v) is 13.1. The Morgan fingerprint density at radius 2 is 2.00 bits per heavy atom. The van der Waals surface area contributed by atoms with Gasteiger partial charge < -0.3 is 13.8 Å². The third-order valence-electron chi connectivity index (χ3n) is 3.12. The topological polar surface area (TPSA) is 49.8 Å². The second kappa shape index (κ2) is 7.62. The maximum atomic E-state index is 11.5. The van der Waals surface area contributed by atoms with Crippen LogP contribution in [0.1, 0.15) is 41.4 Å². The number of rotatable bonds is 6. The second-order valence-corrected chi connectivity index (χ2v) is 4.82. The number of halogens is 1. The lowest BCUT2D eigenvalue weighted by Crippen LogP contribution is -2.28. The van der Waals surface area contributed by atoms with Crippen LogP contribution in [0.3, 0.4) is 0 Å². The van der Waals surface area contributed by atoms with E-state index >= 15 is 0 Å². The van der Waals surface area contributed by atoms with Gasteiger partial charge in [0, 0.05) is 6.54 Å². The van der Waals surface area contributed by atoms with E-state index in [1.165, 1.54) is 0 Å². The number of carbonyl (C=O) groups excluding carboxylic acids is 1. The van der Waals surface area contributed by atoms with Gasteiger partial charge in [0.15, 0.2) is 16.3 Å². The van der Waals surface area contributed by atoms with Crippen molar-refractivity contribution in [2.75, 3.05) is 19.6 Å². The highest BCUT2D eigenvalue weighted by Crippen LogP contribution is 2.19. The standard InChI is InChI=1S/C14H20BrNO3/c1-4-16(5-2)9-13(17)11-6-10(3)7-12(8-11)14(18)19-15/h6-8,13,17H,4-5,9H2,1-3H3. The van der Waals surface area contributed by atoms with Gasteiger partial charge in [-0.05, 0) is 43.3 Å². The predicted molar refractivity (Wildman–Crippen MR) is 78.3 cm³/mol. The minimum absolute atomic E-state index is 0.436. The van der Waals surface area contributed by atoms with Crippen molar-refractivity contribution in [3.05, 3.63) is 34.9 Å². The average molecular weight is 330 g/mol. The highest BCUT2D eigenvalue weighted by Gasteiger charge is 2.15. The number of aryl methyl sites for hydroxylation is 1. The van der Waals surface area contributed by atoms with Crippen LogP contribution in [0.4, 0.5) is 0 Å². The van der Waals surface area contributed by atoms with Gasteiger partial charge in [0.1, 0.15) is 0 Å². The first-order chi connectivity index (χ1) is 9.01. The summed E-state index contributed by atoms with van der Waals surface area (Å²) in [5, 5.41) is 10.3. The van der Waals surface area contributed by atoms with Gasteiger partial charge >= 0.3 is 5.97 Å². The van der Waals surface area contributed by atoms with Gasteiger partial charge in [0.05, 0.1) is 11.7 Å². The Bertz CT molecular complexity index is 433. The van der Waals surface area contributed by atoms with Crippen molar-refractivity contribution in [1.29, 1.82) is 0 Å². The van der Waals surface area contributed by atoms with Crippen LogP contribution < -0.4 is 0 Å². The molecule has 0 aliphatic carbocycles. The van der Waals surface area contributed by atoms with Crippen LogP contribution >= 0.6 is 16.3 Å². The minimum atomic E-state index is -0.610. The summed E-state index contributed by atoms with van der Waals surface area (Å²) in [4.78, 5) is 13.6. The van der Waals surface area contributed by atoms with Crippen LogP contribution in [0.5, 0.6) is 0 Å². The number of aliphatic hydroxyl groups is 1. The smallest absolute Gasteiger partial charge is 0.349 e. The normalized spacial score (nSPS) is 12.5. The fourth-order valence-corrected chi connectivity index (χ4v) is 2.19. The van der Waals surface area contributed by atoms with Gasteiger partial charge in [-0.3, -0.25) is 0 Å². The molecule has 1 aromatic rings. The first-order valence-electron chi connectivity index (χ1n) is 6.36. The zero-order valence-electron chi connectivity index (χ0n) is 11.5. The molecule has 0 radical (unpaired) electrons. The molecule has 1 aromatic carbocycles. The number of carbonyl (C=O) groups is 1. The van der Waals surface area contributed by atoms with E-state index in [9.17, 15) is 9.90 Å². The molecule has 0 aliphatic rings. The van der Waals surface area contributed by atoms with E-state index in [1.54, 1.807) is 12.1 Å². The largest absolute Gasteiger partial charge is 0.387 e. The minimum Gasteiger partial charge on any atom is -0.387 e. The first-order valence-corrected chi connectivity index (χ1v) is 7.01. The highest BCUT2D eigenvalue weighted by atomic mass is 79.9. The number of hydrogen-bond donors (Lipinski definition) is 1. The number of aliphatic hydroxyl groups excluding tert-OH is 1. The highest BCUT2D eigenvalue weighted by molar-refractivity contribution is 9.06. The van der Waals surface area contributed by atoms with E-state index in [0.717, 1.165) is 24.2 Å². The second-order valence-electron chi connectivity index (χ2n) is 4.50. The molecule has 5 heteroatoms. The molecule has 1 rings (SSSR count). The van der Waals surface area contributed by atoms with E-state index in [0.29, 0.717) is 12.1 Å². The Morgan fingerprint density at radius 1 is 1.37 bits per heavy atom. The van der Waals surface area contributed by atoms with Gasteiger partial charge in [-0.15, -0.1) is 0 Å². The SMILES string of the molecule is CCN(CC)CC(O)c1cc(C)cc(C(=O)OBr)c1. The predicted octanol–water partition coefficient (Wildman–Crippen LogP) is 2.84. The monoisotopic (exact) mass is 329 g/mol. The quantitative estimate of drug-likeness (QED) is 0.871. The molecule has 0 fully saturated rings. The molecule has 0 aromatic heterocycles. The van der Waals surface area contributed by atoms with Crippen LogP contribution in [-0.2, 0) is 3.83 Å². The molecule has 4 nitrogen and oxygen atoms in total. The Labute approximate surface area is 122 Å². The first kappa shape index (κ1) is 16.1. The van der Waals surface area contributed by atoms with Crippen molar-refractivity contribution >= 4 is 22.2 Å². The lowest BCUT2D eigenvalue weighted by Gasteiger charge is -2.22. The maximum Gasteiger partial charge on any atom is 0.349 e. The molecule has 0 amide bonds. The Kier molecular flexibility index (Phi) is 6.48. The molecule has 106 valence electrons. The summed E-state index contributed by atoms with van der Waals surface area (Å²) in [5.74, 6) is -0.458. The number of hydrogen-bond acceptors (Lipinski definition) is 4. The van der Waals surface area contributed by atoms with Crippen molar-refractivity contribution in [2.24, 2.45) is 0 Å². The summed E-state index contributed by atoms with van der Waals surface area (Å²) in [7, 11) is 0. The average Bonchev–Trinajstić information content (AvgIpc) is 2.42. The molecular formula is C14H20BrNO3. The lowest BCUT2D eigenvalue weighted by molar-refractivity contribution is 0.0781. The van der Waals surface area contributed by atoms with Gasteiger partial charge in [-0.1, -0.05) is 19.9 Å². The van der Waals surface area contributed by atoms with Gasteiger partial charge in [-0.25, -0.2) is 4.79 Å². The lowest BCUT2D eigenvalue weighted by atomic mass is 10.0. The third kappa shape index (κ3) is 4.60. The van der Waals surface area contributed by atoms with Crippen molar-refractivity contribution in [3.8, 4) is 0 Å². The summed E-state index contributed by atoms with van der Waals surface area (Å²) in [6.07, 6.45) is -0.610. The van der Waals surface area contributed by atoms with Gasteiger partial charge in [-0.2, -0.15) is 0 Å². The summed E-state index contributed by atoms with van der Waals surface area (Å²) in [6, 6.07) is 5.29. The van der Waals surface area contributed by atoms with Crippen molar-refractivity contribution in [3.63, 3.8) is 0 Å². The molecule has 0 saturated heterocycles. The van der Waals surface area contributed by atoms with Crippen molar-refractivity contribution < 1.29 is 13.7 Å². The maximum absolute atomic E-state index is 11.5. The van der Waals surface area contributed by atoms with Crippen LogP contribution in [0.2, 0.25) is 0 Å². The third-order valence-corrected chi connectivity index (χ3v) is 3.41. The van der Waals surface area contributed by atoms with E-state index in [2.05, 4.69) is 38.8 Å². The van der Waals surface area contributed by atoms with Gasteiger partial charge in [0.2, 0.25) is 0 Å². The van der Waals surface area contributed by atoms with Crippen molar-refractivity contribution in [1.82, 2.24) is 4.90 Å². The van der Waals surface area contributed by atoms with Crippen LogP contribution in [0.25, 0.3) is 0 Å². The molecule has 0 heterocycles. The number of likely N-dealkylation sites (N-methyl/N-ethyl adjacent to an activating group) is 1. The fraction of sp³-hybridized carbons (Fsp3) is 0.500. The Hall–Kier alpha value is -0.910. The summed E-state index contributed by atoms with van der Waals surface area (Å²) in [6.45, 7) is 8.32. The molecule has 0 aliphatic heterocycles. The van der Waals surface area contributed by atoms with Gasteiger partial charge in [0.25, 0.3) is 0 Å². The van der Waals surface area contributed by atoms with E-state index in [-0.39, 0.29) is 0 Å². The number of benzene rings is 1. The van der Waals surface area contributed by atoms with Crippen LogP contribution in [0.15, 0.2) is 18.2 Å². The Balaban J connectivity index is 2.93. The molecule has 1 N–H and O–H groups in total. The summed E-state index contributed by atoms with van der Waals surface area (Å²) < 4.78 is 4.53. The van der Waals surface area contributed by atoms with E-state index in [1.807, 2.05) is 13.0 Å². The summed E-state index contributed by atoms with van der Waals surface area (Å²) in [5.41, 5.74) is 2.09. The van der Waals surface area contributed by atoms with E-state index in [4.69, 9.17) is 0 Å². The molecule has 0 saturated carbocycles. The fourth-order valence-electron chi connectivity index (χ4n) is 2.00. The molecule has 19 heavy (non-hydrogen) atoms. The van der Waals surface area contributed by atoms with Crippen LogP contribution in [0, 0.1) is 6.92 Å². The molecule has 1 unspecified atom stereocenters. The zero-order chi connectivity index (χ0) is 14.4. The molecule has 1 atom stereocenters. The Morgan fingerprint density at radius 3 is 2.53 bits per heavy atom. The van der Waals surface area contributed by atoms with Crippen LogP contribution in [-0.4, -0.2) is 35.6 Å². The molecular weight excluding hydrogens is 310 g/mol. The summed E-state index contributed by atoms with van der Waals surface area (Å²) >= 11 is 2.68. The number of nitrogens with zero attached hydrogens (tertiary/aromatic N) is 1. The molecule has 0 bridgehead atoms. The van der Waals surface area contributed by atoms with E-state index < -0.39 is 12.1 Å².